The molecule has 4 rings (SSSR count). The third-order valence-electron chi connectivity index (χ3n) is 4.78. The van der Waals surface area contributed by atoms with E-state index in [2.05, 4.69) is 15.4 Å². The van der Waals surface area contributed by atoms with Crippen LogP contribution in [0.3, 0.4) is 0 Å². The Balaban J connectivity index is 1.67. The number of nitrogens with zero attached hydrogens (tertiary/aromatic N) is 3. The van der Waals surface area contributed by atoms with Gasteiger partial charge in [-0.1, -0.05) is 42.5 Å². The van der Waals surface area contributed by atoms with Gasteiger partial charge in [0.25, 0.3) is 0 Å². The van der Waals surface area contributed by atoms with Gasteiger partial charge in [0.2, 0.25) is 5.95 Å². The van der Waals surface area contributed by atoms with E-state index in [1.54, 1.807) is 4.68 Å². The molecule has 7 nitrogen and oxygen atoms in total. The van der Waals surface area contributed by atoms with Crippen LogP contribution in [0.2, 0.25) is 0 Å². The molecule has 154 valence electrons. The second-order valence-corrected chi connectivity index (χ2v) is 7.40. The summed E-state index contributed by atoms with van der Waals surface area (Å²) in [5.41, 5.74) is 3.15. The van der Waals surface area contributed by atoms with Crippen molar-refractivity contribution in [3.8, 4) is 5.75 Å². The van der Waals surface area contributed by atoms with Crippen molar-refractivity contribution in [3.63, 3.8) is 0 Å². The lowest BCUT2D eigenvalue weighted by molar-refractivity contribution is -0.143. The SMILES string of the molecule is CC1=C(C(=O)OC(C)C)C(c2cccc(OCc3ccccc3)c2)n2ncnc2N1. The molecule has 0 saturated carbocycles. The first-order chi connectivity index (χ1) is 14.5. The highest BCUT2D eigenvalue weighted by Crippen LogP contribution is 2.36. The minimum Gasteiger partial charge on any atom is -0.489 e. The fraction of sp³-hybridized carbons (Fsp3) is 0.261. The molecule has 1 unspecified atom stereocenters. The molecule has 1 aliphatic heterocycles. The van der Waals surface area contributed by atoms with Crippen molar-refractivity contribution in [1.82, 2.24) is 14.8 Å². The average molecular weight is 404 g/mol. The molecule has 0 aliphatic carbocycles. The van der Waals surface area contributed by atoms with E-state index in [0.717, 1.165) is 11.1 Å². The van der Waals surface area contributed by atoms with Gasteiger partial charge < -0.3 is 14.8 Å². The van der Waals surface area contributed by atoms with Crippen LogP contribution in [0.1, 0.15) is 37.9 Å². The monoisotopic (exact) mass is 404 g/mol. The minimum absolute atomic E-state index is 0.226. The first kappa shape index (κ1) is 19.7. The molecule has 1 atom stereocenters. The third-order valence-corrected chi connectivity index (χ3v) is 4.78. The number of aromatic nitrogens is 3. The molecule has 1 aromatic heterocycles. The van der Waals surface area contributed by atoms with Gasteiger partial charge in [0.15, 0.2) is 0 Å². The molecule has 30 heavy (non-hydrogen) atoms. The van der Waals surface area contributed by atoms with Gasteiger partial charge in [0, 0.05) is 5.70 Å². The highest BCUT2D eigenvalue weighted by molar-refractivity contribution is 5.92. The van der Waals surface area contributed by atoms with Crippen molar-refractivity contribution >= 4 is 11.9 Å². The molecule has 2 heterocycles. The van der Waals surface area contributed by atoms with E-state index in [4.69, 9.17) is 9.47 Å². The Morgan fingerprint density at radius 2 is 1.97 bits per heavy atom. The molecule has 1 aliphatic rings. The summed E-state index contributed by atoms with van der Waals surface area (Å²) in [5, 5.41) is 7.49. The number of nitrogens with one attached hydrogen (secondary N) is 1. The van der Waals surface area contributed by atoms with E-state index in [-0.39, 0.29) is 12.1 Å². The molecular weight excluding hydrogens is 380 g/mol. The number of rotatable bonds is 6. The zero-order chi connectivity index (χ0) is 21.1. The quantitative estimate of drug-likeness (QED) is 0.623. The fourth-order valence-electron chi connectivity index (χ4n) is 3.46. The third kappa shape index (κ3) is 4.05. The lowest BCUT2D eigenvalue weighted by Gasteiger charge is -2.28. The summed E-state index contributed by atoms with van der Waals surface area (Å²) < 4.78 is 13.2. The van der Waals surface area contributed by atoms with Crippen molar-refractivity contribution < 1.29 is 14.3 Å². The van der Waals surface area contributed by atoms with Gasteiger partial charge in [-0.3, -0.25) is 0 Å². The van der Waals surface area contributed by atoms with Crippen LogP contribution < -0.4 is 10.1 Å². The zero-order valence-corrected chi connectivity index (χ0v) is 17.2. The summed E-state index contributed by atoms with van der Waals surface area (Å²) in [6, 6.07) is 17.2. The number of hydrogen-bond donors (Lipinski definition) is 1. The number of fused-ring (bicyclic) bond motifs is 1. The number of esters is 1. The maximum atomic E-state index is 12.9. The Labute approximate surface area is 175 Å². The predicted octanol–water partition coefficient (Wildman–Crippen LogP) is 4.10. The Kier molecular flexibility index (Phi) is 5.52. The second-order valence-electron chi connectivity index (χ2n) is 7.40. The van der Waals surface area contributed by atoms with Gasteiger partial charge in [-0.2, -0.15) is 10.1 Å². The van der Waals surface area contributed by atoms with E-state index in [0.29, 0.717) is 29.6 Å². The minimum atomic E-state index is -0.463. The normalized spacial score (nSPS) is 15.5. The van der Waals surface area contributed by atoms with Crippen LogP contribution >= 0.6 is 0 Å². The fourth-order valence-corrected chi connectivity index (χ4v) is 3.46. The van der Waals surface area contributed by atoms with E-state index in [1.807, 2.05) is 75.4 Å². The summed E-state index contributed by atoms with van der Waals surface area (Å²) >= 11 is 0. The standard InChI is InChI=1S/C23H24N4O3/c1-15(2)30-22(28)20-16(3)26-23-24-14-25-27(23)21(20)18-10-7-11-19(12-18)29-13-17-8-5-4-6-9-17/h4-12,14-15,21H,13H2,1-3H3,(H,24,25,26). The predicted molar refractivity (Wildman–Crippen MR) is 113 cm³/mol. The lowest BCUT2D eigenvalue weighted by atomic mass is 9.95. The van der Waals surface area contributed by atoms with E-state index in [1.165, 1.54) is 6.33 Å². The number of benzene rings is 2. The van der Waals surface area contributed by atoms with Crippen molar-refractivity contribution in [2.24, 2.45) is 0 Å². The van der Waals surface area contributed by atoms with Crippen LogP contribution in [0.15, 0.2) is 72.2 Å². The van der Waals surface area contributed by atoms with Crippen LogP contribution in [0.4, 0.5) is 5.95 Å². The maximum Gasteiger partial charge on any atom is 0.338 e. The van der Waals surface area contributed by atoms with Gasteiger partial charge in [-0.15, -0.1) is 0 Å². The second kappa shape index (κ2) is 8.41. The van der Waals surface area contributed by atoms with Crippen LogP contribution in [-0.2, 0) is 16.1 Å². The first-order valence-electron chi connectivity index (χ1n) is 9.88. The first-order valence-corrected chi connectivity index (χ1v) is 9.88. The van der Waals surface area contributed by atoms with Crippen molar-refractivity contribution in [2.45, 2.75) is 39.5 Å². The molecule has 7 heteroatoms. The number of carbonyl (C=O) groups is 1. The van der Waals surface area contributed by atoms with Crippen molar-refractivity contribution in [2.75, 3.05) is 5.32 Å². The summed E-state index contributed by atoms with van der Waals surface area (Å²) in [5.74, 6) is 0.914. The molecule has 0 spiro atoms. The van der Waals surface area contributed by atoms with Crippen LogP contribution in [0, 0.1) is 0 Å². The molecule has 0 bridgehead atoms. The van der Waals surface area contributed by atoms with Gasteiger partial charge in [-0.25, -0.2) is 9.48 Å². The highest BCUT2D eigenvalue weighted by atomic mass is 16.5. The molecule has 0 amide bonds. The average Bonchev–Trinajstić information content (AvgIpc) is 3.19. The van der Waals surface area contributed by atoms with Crippen molar-refractivity contribution in [1.29, 1.82) is 0 Å². The largest absolute Gasteiger partial charge is 0.489 e. The highest BCUT2D eigenvalue weighted by Gasteiger charge is 2.34. The smallest absolute Gasteiger partial charge is 0.338 e. The topological polar surface area (TPSA) is 78.3 Å². The zero-order valence-electron chi connectivity index (χ0n) is 17.2. The number of carbonyl (C=O) groups excluding carboxylic acids is 1. The maximum absolute atomic E-state index is 12.9. The van der Waals surface area contributed by atoms with Gasteiger partial charge in [0.05, 0.1) is 11.7 Å². The summed E-state index contributed by atoms with van der Waals surface area (Å²) in [7, 11) is 0. The number of anilines is 1. The van der Waals surface area contributed by atoms with Crippen LogP contribution in [-0.4, -0.2) is 26.8 Å². The van der Waals surface area contributed by atoms with Gasteiger partial charge >= 0.3 is 5.97 Å². The molecule has 0 saturated heterocycles. The van der Waals surface area contributed by atoms with Crippen LogP contribution in [0.25, 0.3) is 0 Å². The molecular formula is C23H24N4O3. The molecule has 3 aromatic rings. The lowest BCUT2D eigenvalue weighted by Crippen LogP contribution is -2.30. The summed E-state index contributed by atoms with van der Waals surface area (Å²) in [4.78, 5) is 17.2. The molecule has 2 aromatic carbocycles. The van der Waals surface area contributed by atoms with Gasteiger partial charge in [-0.05, 0) is 44.0 Å². The van der Waals surface area contributed by atoms with Crippen LogP contribution in [0.5, 0.6) is 5.75 Å². The summed E-state index contributed by atoms with van der Waals surface area (Å²) in [6.07, 6.45) is 1.24. The molecule has 1 N–H and O–H groups in total. The Morgan fingerprint density at radius 1 is 1.17 bits per heavy atom. The summed E-state index contributed by atoms with van der Waals surface area (Å²) in [6.45, 7) is 5.97. The molecule has 0 radical (unpaired) electrons. The Morgan fingerprint density at radius 3 is 2.73 bits per heavy atom. The number of ether oxygens (including phenoxy) is 2. The molecule has 0 fully saturated rings. The number of allylic oxidation sites excluding steroid dienone is 1. The Bertz CT molecular complexity index is 1070. The Hall–Kier alpha value is -3.61. The van der Waals surface area contributed by atoms with E-state index < -0.39 is 6.04 Å². The van der Waals surface area contributed by atoms with E-state index >= 15 is 0 Å². The van der Waals surface area contributed by atoms with Gasteiger partial charge in [0.1, 0.15) is 24.7 Å². The van der Waals surface area contributed by atoms with E-state index in [9.17, 15) is 4.79 Å². The number of hydrogen-bond acceptors (Lipinski definition) is 6. The van der Waals surface area contributed by atoms with Crippen molar-refractivity contribution in [3.05, 3.63) is 83.3 Å².